The number of carbonyl (C=O) groups excluding carboxylic acids is 1. The summed E-state index contributed by atoms with van der Waals surface area (Å²) in [4.78, 5) is 28.3. The number of hydrogen-bond donors (Lipinski definition) is 0. The molecule has 33 heavy (non-hydrogen) atoms. The highest BCUT2D eigenvalue weighted by molar-refractivity contribution is 7.13. The topological polar surface area (TPSA) is 85.5 Å². The van der Waals surface area contributed by atoms with Crippen LogP contribution in [0, 0.1) is 11.7 Å². The molecular weight excluding hydrogens is 445 g/mol. The second-order valence-electron chi connectivity index (χ2n) is 8.22. The van der Waals surface area contributed by atoms with Gasteiger partial charge < -0.3 is 9.15 Å². The van der Waals surface area contributed by atoms with E-state index in [0.717, 1.165) is 12.5 Å². The largest absolute Gasteiger partial charge is 0.494 e. The van der Waals surface area contributed by atoms with Gasteiger partial charge in [-0.15, -0.1) is 10.2 Å². The molecule has 0 bridgehead atoms. The highest BCUT2D eigenvalue weighted by Crippen LogP contribution is 2.42. The van der Waals surface area contributed by atoms with E-state index in [9.17, 15) is 14.0 Å². The summed E-state index contributed by atoms with van der Waals surface area (Å²) in [6, 6.07) is 10.1. The fourth-order valence-corrected chi connectivity index (χ4v) is 4.50. The van der Waals surface area contributed by atoms with Crippen molar-refractivity contribution < 1.29 is 18.3 Å². The molecule has 0 saturated heterocycles. The maximum absolute atomic E-state index is 13.9. The molecule has 0 fully saturated rings. The van der Waals surface area contributed by atoms with Crippen molar-refractivity contribution in [1.29, 1.82) is 0 Å². The van der Waals surface area contributed by atoms with Gasteiger partial charge in [-0.3, -0.25) is 14.5 Å². The number of aromatic nitrogens is 2. The van der Waals surface area contributed by atoms with Gasteiger partial charge >= 0.3 is 0 Å². The Morgan fingerprint density at radius 3 is 2.82 bits per heavy atom. The van der Waals surface area contributed by atoms with Gasteiger partial charge in [0.2, 0.25) is 10.9 Å². The molecule has 1 aliphatic rings. The molecule has 1 atom stereocenters. The smallest absolute Gasteiger partial charge is 0.297 e. The van der Waals surface area contributed by atoms with E-state index in [4.69, 9.17) is 9.15 Å². The van der Waals surface area contributed by atoms with Gasteiger partial charge in [0.1, 0.15) is 22.7 Å². The Balaban J connectivity index is 1.67. The lowest BCUT2D eigenvalue weighted by molar-refractivity contribution is 0.0970. The number of nitrogens with zero attached hydrogens (tertiary/aromatic N) is 3. The van der Waals surface area contributed by atoms with Crippen LogP contribution in [0.5, 0.6) is 5.75 Å². The summed E-state index contributed by atoms with van der Waals surface area (Å²) in [5.74, 6) is -0.00926. The fraction of sp³-hybridized carbons (Fsp3) is 0.250. The Bertz CT molecular complexity index is 1400. The number of benzene rings is 2. The van der Waals surface area contributed by atoms with Crippen LogP contribution in [0.2, 0.25) is 0 Å². The van der Waals surface area contributed by atoms with Crippen LogP contribution in [0.3, 0.4) is 0 Å². The molecule has 7 nitrogen and oxygen atoms in total. The summed E-state index contributed by atoms with van der Waals surface area (Å²) in [5, 5.41) is 8.31. The third-order valence-electron chi connectivity index (χ3n) is 5.52. The molecule has 5 rings (SSSR count). The van der Waals surface area contributed by atoms with E-state index in [0.29, 0.717) is 29.0 Å². The molecule has 2 aromatic carbocycles. The van der Waals surface area contributed by atoms with Gasteiger partial charge in [0.15, 0.2) is 5.43 Å². The number of rotatable bonds is 6. The average Bonchev–Trinajstić information content (AvgIpc) is 3.41. The normalized spacial score (nSPS) is 15.5. The first-order valence-corrected chi connectivity index (χ1v) is 11.4. The molecule has 1 aliphatic heterocycles. The van der Waals surface area contributed by atoms with E-state index >= 15 is 0 Å². The Kier molecular flexibility index (Phi) is 5.41. The number of ether oxygens (including phenoxy) is 1. The van der Waals surface area contributed by atoms with Crippen LogP contribution in [0.1, 0.15) is 48.0 Å². The molecule has 2 aromatic heterocycles. The monoisotopic (exact) mass is 465 g/mol. The lowest BCUT2D eigenvalue weighted by Crippen LogP contribution is -2.29. The van der Waals surface area contributed by atoms with Gasteiger partial charge in [-0.2, -0.15) is 0 Å². The molecule has 1 amide bonds. The molecule has 0 aliphatic carbocycles. The first kappa shape index (κ1) is 21.3. The summed E-state index contributed by atoms with van der Waals surface area (Å²) in [7, 11) is 0. The molecule has 3 heterocycles. The highest BCUT2D eigenvalue weighted by Gasteiger charge is 2.45. The van der Waals surface area contributed by atoms with Crippen molar-refractivity contribution in [3.63, 3.8) is 0 Å². The first-order valence-electron chi connectivity index (χ1n) is 10.5. The van der Waals surface area contributed by atoms with Gasteiger partial charge in [0.05, 0.1) is 23.6 Å². The van der Waals surface area contributed by atoms with Crippen LogP contribution < -0.4 is 15.1 Å². The lowest BCUT2D eigenvalue weighted by Gasteiger charge is -2.22. The zero-order valence-corrected chi connectivity index (χ0v) is 18.8. The van der Waals surface area contributed by atoms with Crippen molar-refractivity contribution in [3.05, 3.63) is 80.9 Å². The minimum Gasteiger partial charge on any atom is -0.494 e. The van der Waals surface area contributed by atoms with Crippen molar-refractivity contribution in [2.24, 2.45) is 5.92 Å². The zero-order chi connectivity index (χ0) is 23.1. The van der Waals surface area contributed by atoms with Crippen molar-refractivity contribution in [3.8, 4) is 5.75 Å². The van der Waals surface area contributed by atoms with Crippen molar-refractivity contribution in [1.82, 2.24) is 10.2 Å². The van der Waals surface area contributed by atoms with Crippen LogP contribution in [-0.2, 0) is 0 Å². The minimum atomic E-state index is -0.807. The maximum atomic E-state index is 13.9. The second-order valence-corrected chi connectivity index (χ2v) is 9.03. The minimum absolute atomic E-state index is 0.0783. The van der Waals surface area contributed by atoms with Gasteiger partial charge in [-0.1, -0.05) is 37.3 Å². The Morgan fingerprint density at radius 1 is 1.21 bits per heavy atom. The number of hydrogen-bond acceptors (Lipinski definition) is 7. The average molecular weight is 466 g/mol. The molecular formula is C24H20FN3O4S. The van der Waals surface area contributed by atoms with Crippen LogP contribution in [-0.4, -0.2) is 22.7 Å². The molecule has 4 aromatic rings. The summed E-state index contributed by atoms with van der Waals surface area (Å²) in [6.45, 7) is 4.79. The summed E-state index contributed by atoms with van der Waals surface area (Å²) < 4.78 is 25.6. The second kappa shape index (κ2) is 8.40. The van der Waals surface area contributed by atoms with Gasteiger partial charge in [0.25, 0.3) is 5.91 Å². The number of carbonyl (C=O) groups is 1. The molecule has 0 spiro atoms. The molecule has 0 saturated carbocycles. The fourth-order valence-electron chi connectivity index (χ4n) is 3.92. The summed E-state index contributed by atoms with van der Waals surface area (Å²) in [5.41, 5.74) is 2.00. The predicted molar refractivity (Wildman–Crippen MR) is 122 cm³/mol. The number of anilines is 1. The Hall–Kier alpha value is -3.59. The zero-order valence-electron chi connectivity index (χ0n) is 17.9. The summed E-state index contributed by atoms with van der Waals surface area (Å²) >= 11 is 1.17. The first-order chi connectivity index (χ1) is 15.9. The maximum Gasteiger partial charge on any atom is 0.297 e. The third-order valence-corrected chi connectivity index (χ3v) is 6.21. The van der Waals surface area contributed by atoms with Gasteiger partial charge in [-0.05, 0) is 48.2 Å². The van der Waals surface area contributed by atoms with Crippen molar-refractivity contribution in [2.45, 2.75) is 26.3 Å². The molecule has 0 N–H and O–H groups in total. The molecule has 0 radical (unpaired) electrons. The van der Waals surface area contributed by atoms with E-state index in [1.54, 1.807) is 6.07 Å². The summed E-state index contributed by atoms with van der Waals surface area (Å²) in [6.07, 6.45) is 0.896. The third kappa shape index (κ3) is 3.78. The van der Waals surface area contributed by atoms with Crippen LogP contribution in [0.25, 0.3) is 11.0 Å². The molecule has 1 unspecified atom stereocenters. The SMILES string of the molecule is CC(C)CCOc1cccc(C2c3c(oc4ccc(F)cc4c3=O)C(=O)N2c2nncs2)c1. The van der Waals surface area contributed by atoms with Crippen LogP contribution >= 0.6 is 11.3 Å². The lowest BCUT2D eigenvalue weighted by atomic mass is 9.98. The standard InChI is InChI=1S/C24H20FN3O4S/c1-13(2)8-9-31-16-5-3-4-14(10-16)20-19-21(29)17-11-15(25)6-7-18(17)32-22(19)23(30)28(20)24-27-26-12-33-24/h3-7,10-13,20H,8-9H2,1-2H3. The number of fused-ring (bicyclic) bond motifs is 2. The predicted octanol–water partition coefficient (Wildman–Crippen LogP) is 4.96. The molecule has 168 valence electrons. The van der Waals surface area contributed by atoms with E-state index in [1.807, 2.05) is 18.2 Å². The van der Waals surface area contributed by atoms with Crippen molar-refractivity contribution in [2.75, 3.05) is 11.5 Å². The van der Waals surface area contributed by atoms with Crippen LogP contribution in [0.4, 0.5) is 9.52 Å². The Morgan fingerprint density at radius 2 is 2.06 bits per heavy atom. The molecule has 9 heteroatoms. The van der Waals surface area contributed by atoms with Gasteiger partial charge in [-0.25, -0.2) is 4.39 Å². The van der Waals surface area contributed by atoms with Crippen molar-refractivity contribution >= 4 is 33.3 Å². The number of amides is 1. The van der Waals surface area contributed by atoms with E-state index in [-0.39, 0.29) is 22.3 Å². The van der Waals surface area contributed by atoms with E-state index in [1.165, 1.54) is 33.9 Å². The van der Waals surface area contributed by atoms with E-state index in [2.05, 4.69) is 24.0 Å². The highest BCUT2D eigenvalue weighted by atomic mass is 32.1. The quantitative estimate of drug-likeness (QED) is 0.400. The Labute approximate surface area is 192 Å². The van der Waals surface area contributed by atoms with Crippen LogP contribution in [0.15, 0.2) is 57.2 Å². The van der Waals surface area contributed by atoms with Gasteiger partial charge in [0, 0.05) is 0 Å². The van der Waals surface area contributed by atoms with E-state index < -0.39 is 23.2 Å². The number of halogens is 1.